The molecule has 1 amide bonds. The van der Waals surface area contributed by atoms with Crippen molar-refractivity contribution >= 4 is 17.4 Å². The maximum Gasteiger partial charge on any atom is 0.227 e. The number of amides is 1. The SMILES string of the molecule is CC(=O)c1cccc(NC(=O)[C@H]2C[C@@H]2C)c1. The molecule has 1 aromatic rings. The summed E-state index contributed by atoms with van der Waals surface area (Å²) in [5.74, 6) is 0.723. The monoisotopic (exact) mass is 217 g/mol. The van der Waals surface area contributed by atoms with Gasteiger partial charge in [0.1, 0.15) is 0 Å². The van der Waals surface area contributed by atoms with Crippen LogP contribution in [-0.4, -0.2) is 11.7 Å². The molecule has 0 bridgehead atoms. The molecular formula is C13H15NO2. The van der Waals surface area contributed by atoms with Crippen molar-refractivity contribution in [3.8, 4) is 0 Å². The lowest BCUT2D eigenvalue weighted by Gasteiger charge is -2.05. The third-order valence-electron chi connectivity index (χ3n) is 2.98. The smallest absolute Gasteiger partial charge is 0.227 e. The number of rotatable bonds is 3. The topological polar surface area (TPSA) is 46.2 Å². The Morgan fingerprint density at radius 2 is 2.06 bits per heavy atom. The number of anilines is 1. The maximum absolute atomic E-state index is 11.7. The van der Waals surface area contributed by atoms with Crippen molar-refractivity contribution in [2.45, 2.75) is 20.3 Å². The molecule has 0 aromatic heterocycles. The molecule has 0 unspecified atom stereocenters. The highest BCUT2D eigenvalue weighted by molar-refractivity contribution is 5.98. The van der Waals surface area contributed by atoms with E-state index in [4.69, 9.17) is 0 Å². The van der Waals surface area contributed by atoms with Gasteiger partial charge in [-0.05, 0) is 31.4 Å². The molecule has 0 heterocycles. The van der Waals surface area contributed by atoms with Gasteiger partial charge in [0, 0.05) is 17.2 Å². The van der Waals surface area contributed by atoms with E-state index in [9.17, 15) is 9.59 Å². The first-order valence-corrected chi connectivity index (χ1v) is 5.50. The third kappa shape index (κ3) is 2.30. The predicted octanol–water partition coefficient (Wildman–Crippen LogP) is 2.48. The summed E-state index contributed by atoms with van der Waals surface area (Å²) >= 11 is 0. The van der Waals surface area contributed by atoms with E-state index >= 15 is 0 Å². The van der Waals surface area contributed by atoms with Crippen molar-refractivity contribution in [1.29, 1.82) is 0 Å². The van der Waals surface area contributed by atoms with Gasteiger partial charge in [0.2, 0.25) is 5.91 Å². The molecule has 1 aromatic carbocycles. The minimum Gasteiger partial charge on any atom is -0.326 e. The second-order valence-electron chi connectivity index (χ2n) is 4.45. The minimum absolute atomic E-state index is 0.0101. The molecule has 3 nitrogen and oxygen atoms in total. The number of hydrogen-bond donors (Lipinski definition) is 1. The van der Waals surface area contributed by atoms with Crippen LogP contribution in [-0.2, 0) is 4.79 Å². The molecule has 1 aliphatic carbocycles. The Morgan fingerprint density at radius 1 is 1.38 bits per heavy atom. The third-order valence-corrected chi connectivity index (χ3v) is 2.98. The number of ketones is 1. The van der Waals surface area contributed by atoms with Crippen LogP contribution in [0.2, 0.25) is 0 Å². The predicted molar refractivity (Wildman–Crippen MR) is 62.3 cm³/mol. The summed E-state index contributed by atoms with van der Waals surface area (Å²) in [7, 11) is 0. The summed E-state index contributed by atoms with van der Waals surface area (Å²) in [4.78, 5) is 22.8. The molecule has 3 heteroatoms. The molecule has 2 rings (SSSR count). The quantitative estimate of drug-likeness (QED) is 0.790. The van der Waals surface area contributed by atoms with Gasteiger partial charge in [-0.2, -0.15) is 0 Å². The Morgan fingerprint density at radius 3 is 2.62 bits per heavy atom. The summed E-state index contributed by atoms with van der Waals surface area (Å²) < 4.78 is 0. The van der Waals surface area contributed by atoms with Crippen molar-refractivity contribution in [2.24, 2.45) is 11.8 Å². The van der Waals surface area contributed by atoms with E-state index in [1.165, 1.54) is 6.92 Å². The molecule has 2 atom stereocenters. The van der Waals surface area contributed by atoms with E-state index in [0.29, 0.717) is 17.2 Å². The first kappa shape index (κ1) is 10.9. The molecular weight excluding hydrogens is 202 g/mol. The number of carbonyl (C=O) groups excluding carboxylic acids is 2. The fraction of sp³-hybridized carbons (Fsp3) is 0.385. The summed E-state index contributed by atoms with van der Waals surface area (Å²) in [5.41, 5.74) is 1.33. The molecule has 1 N–H and O–H groups in total. The van der Waals surface area contributed by atoms with Crippen LogP contribution in [0.25, 0.3) is 0 Å². The van der Waals surface area contributed by atoms with Crippen LogP contribution in [0.15, 0.2) is 24.3 Å². The Bertz CT molecular complexity index is 439. The molecule has 84 valence electrons. The molecule has 1 aliphatic rings. The van der Waals surface area contributed by atoms with E-state index < -0.39 is 0 Å². The van der Waals surface area contributed by atoms with Gasteiger partial charge in [0.15, 0.2) is 5.78 Å². The Hall–Kier alpha value is -1.64. The first-order valence-electron chi connectivity index (χ1n) is 5.50. The lowest BCUT2D eigenvalue weighted by molar-refractivity contribution is -0.117. The fourth-order valence-electron chi connectivity index (χ4n) is 1.74. The van der Waals surface area contributed by atoms with E-state index in [1.807, 2.05) is 0 Å². The minimum atomic E-state index is 0.0101. The lowest BCUT2D eigenvalue weighted by atomic mass is 10.1. The number of nitrogens with one attached hydrogen (secondary N) is 1. The van der Waals surface area contributed by atoms with Gasteiger partial charge >= 0.3 is 0 Å². The number of Topliss-reactive ketones (excluding diaryl/α,β-unsaturated/α-hetero) is 1. The summed E-state index contributed by atoms with van der Waals surface area (Å²) in [6.07, 6.45) is 0.970. The summed E-state index contributed by atoms with van der Waals surface area (Å²) in [6.45, 7) is 3.58. The van der Waals surface area contributed by atoms with Crippen LogP contribution in [0.5, 0.6) is 0 Å². The molecule has 0 saturated heterocycles. The summed E-state index contributed by atoms with van der Waals surface area (Å²) in [5, 5.41) is 2.84. The highest BCUT2D eigenvalue weighted by Gasteiger charge is 2.39. The van der Waals surface area contributed by atoms with Gasteiger partial charge in [-0.15, -0.1) is 0 Å². The van der Waals surface area contributed by atoms with Crippen LogP contribution in [0.3, 0.4) is 0 Å². The highest BCUT2D eigenvalue weighted by Crippen LogP contribution is 2.38. The van der Waals surface area contributed by atoms with Crippen molar-refractivity contribution in [3.05, 3.63) is 29.8 Å². The molecule has 1 fully saturated rings. The Labute approximate surface area is 94.9 Å². The number of benzene rings is 1. The standard InChI is InChI=1S/C13H15NO2/c1-8-6-12(8)13(16)14-11-5-3-4-10(7-11)9(2)15/h3-5,7-8,12H,6H2,1-2H3,(H,14,16)/t8-,12-/m0/s1. The average Bonchev–Trinajstić information content (AvgIpc) is 2.96. The maximum atomic E-state index is 11.7. The van der Waals surface area contributed by atoms with Crippen LogP contribution < -0.4 is 5.32 Å². The summed E-state index contributed by atoms with van der Waals surface area (Å²) in [6, 6.07) is 7.05. The lowest BCUT2D eigenvalue weighted by Crippen LogP contribution is -2.14. The Kier molecular flexibility index (Phi) is 2.77. The van der Waals surface area contributed by atoms with Crippen LogP contribution in [0, 0.1) is 11.8 Å². The van der Waals surface area contributed by atoms with Crippen LogP contribution in [0.1, 0.15) is 30.6 Å². The van der Waals surface area contributed by atoms with Crippen molar-refractivity contribution in [1.82, 2.24) is 0 Å². The second-order valence-corrected chi connectivity index (χ2v) is 4.45. The van der Waals surface area contributed by atoms with Crippen LogP contribution in [0.4, 0.5) is 5.69 Å². The van der Waals surface area contributed by atoms with E-state index in [1.54, 1.807) is 24.3 Å². The highest BCUT2D eigenvalue weighted by atomic mass is 16.2. The van der Waals surface area contributed by atoms with Crippen molar-refractivity contribution in [3.63, 3.8) is 0 Å². The number of hydrogen-bond acceptors (Lipinski definition) is 2. The van der Waals surface area contributed by atoms with Crippen molar-refractivity contribution in [2.75, 3.05) is 5.32 Å². The van der Waals surface area contributed by atoms with Gasteiger partial charge in [-0.25, -0.2) is 0 Å². The van der Waals surface area contributed by atoms with Gasteiger partial charge in [0.05, 0.1) is 0 Å². The second kappa shape index (κ2) is 4.08. The van der Waals surface area contributed by atoms with E-state index in [2.05, 4.69) is 12.2 Å². The molecule has 0 aliphatic heterocycles. The van der Waals surface area contributed by atoms with Crippen molar-refractivity contribution < 1.29 is 9.59 Å². The largest absolute Gasteiger partial charge is 0.326 e. The van der Waals surface area contributed by atoms with E-state index in [0.717, 1.165) is 6.42 Å². The molecule has 0 radical (unpaired) electrons. The Balaban J connectivity index is 2.06. The van der Waals surface area contributed by atoms with E-state index in [-0.39, 0.29) is 17.6 Å². The van der Waals surface area contributed by atoms with Gasteiger partial charge in [-0.3, -0.25) is 9.59 Å². The zero-order valence-corrected chi connectivity index (χ0v) is 9.49. The number of carbonyl (C=O) groups is 2. The normalized spacial score (nSPS) is 22.6. The average molecular weight is 217 g/mol. The zero-order valence-electron chi connectivity index (χ0n) is 9.49. The molecule has 1 saturated carbocycles. The fourth-order valence-corrected chi connectivity index (χ4v) is 1.74. The van der Waals surface area contributed by atoms with Gasteiger partial charge in [-0.1, -0.05) is 19.1 Å². The molecule has 16 heavy (non-hydrogen) atoms. The first-order chi connectivity index (χ1) is 7.58. The van der Waals surface area contributed by atoms with Gasteiger partial charge in [0.25, 0.3) is 0 Å². The zero-order chi connectivity index (χ0) is 11.7. The van der Waals surface area contributed by atoms with Gasteiger partial charge < -0.3 is 5.32 Å². The molecule has 0 spiro atoms. The van der Waals surface area contributed by atoms with Crippen LogP contribution >= 0.6 is 0 Å².